The number of rotatable bonds is 4. The Balaban J connectivity index is 1.41. The summed E-state index contributed by atoms with van der Waals surface area (Å²) in [5.74, 6) is 3.60. The van der Waals surface area contributed by atoms with E-state index < -0.39 is 0 Å². The lowest BCUT2D eigenvalue weighted by Gasteiger charge is -2.35. The summed E-state index contributed by atoms with van der Waals surface area (Å²) in [6.45, 7) is 10.5. The quantitative estimate of drug-likeness (QED) is 0.482. The number of oxazole rings is 1. The van der Waals surface area contributed by atoms with Crippen molar-refractivity contribution in [1.29, 1.82) is 0 Å². The summed E-state index contributed by atoms with van der Waals surface area (Å²) in [7, 11) is 0. The van der Waals surface area contributed by atoms with Crippen LogP contribution in [0, 0.1) is 20.8 Å². The average molecular weight is 420 g/mol. The monoisotopic (exact) mass is 419 g/mol. The molecule has 4 aromatic rings. The lowest BCUT2D eigenvalue weighted by Crippen LogP contribution is -2.46. The van der Waals surface area contributed by atoms with Crippen molar-refractivity contribution in [2.24, 2.45) is 0 Å². The third kappa shape index (κ3) is 3.59. The molecule has 1 aliphatic heterocycles. The third-order valence-electron chi connectivity index (χ3n) is 5.71. The van der Waals surface area contributed by atoms with Crippen LogP contribution in [0.2, 0.25) is 0 Å². The van der Waals surface area contributed by atoms with Crippen LogP contribution in [-0.4, -0.2) is 46.0 Å². The second-order valence-corrected chi connectivity index (χ2v) is 8.66. The minimum Gasteiger partial charge on any atom is -0.444 e. The number of hydrogen-bond acceptors (Lipinski definition) is 7. The molecule has 1 aromatic carbocycles. The van der Waals surface area contributed by atoms with E-state index in [1.54, 1.807) is 11.3 Å². The fraction of sp³-hybridized carbons (Fsp3) is 0.348. The number of anilines is 1. The van der Waals surface area contributed by atoms with Gasteiger partial charge >= 0.3 is 0 Å². The maximum Gasteiger partial charge on any atom is 0.208 e. The van der Waals surface area contributed by atoms with Gasteiger partial charge in [-0.25, -0.2) is 15.0 Å². The zero-order valence-electron chi connectivity index (χ0n) is 17.6. The normalized spacial score (nSPS) is 15.2. The minimum atomic E-state index is 0.758. The van der Waals surface area contributed by atoms with Crippen LogP contribution in [-0.2, 0) is 6.54 Å². The molecule has 0 saturated carbocycles. The van der Waals surface area contributed by atoms with Crippen LogP contribution in [0.4, 0.5) is 5.82 Å². The molecule has 0 bridgehead atoms. The van der Waals surface area contributed by atoms with E-state index in [2.05, 4.69) is 50.5 Å². The van der Waals surface area contributed by atoms with Gasteiger partial charge in [0.15, 0.2) is 0 Å². The van der Waals surface area contributed by atoms with E-state index in [1.807, 2.05) is 20.8 Å². The molecule has 0 N–H and O–H groups in total. The molecule has 0 unspecified atom stereocenters. The number of aryl methyl sites for hydroxylation is 3. The van der Waals surface area contributed by atoms with Crippen molar-refractivity contribution in [3.05, 3.63) is 58.9 Å². The van der Waals surface area contributed by atoms with Gasteiger partial charge in [-0.05, 0) is 26.3 Å². The van der Waals surface area contributed by atoms with E-state index in [4.69, 9.17) is 14.4 Å². The zero-order chi connectivity index (χ0) is 20.7. The predicted molar refractivity (Wildman–Crippen MR) is 121 cm³/mol. The van der Waals surface area contributed by atoms with Gasteiger partial charge < -0.3 is 9.32 Å². The Morgan fingerprint density at radius 1 is 0.967 bits per heavy atom. The Morgan fingerprint density at radius 3 is 2.43 bits per heavy atom. The number of benzene rings is 1. The SMILES string of the molecule is Cc1nc(N2CCN(Cc3nc(C)c(C)o3)CC2)c2c(-c3ccccc3)csc2n1. The predicted octanol–water partition coefficient (Wildman–Crippen LogP) is 4.59. The maximum atomic E-state index is 5.77. The maximum absolute atomic E-state index is 5.77. The first kappa shape index (κ1) is 19.2. The van der Waals surface area contributed by atoms with Gasteiger partial charge in [-0.1, -0.05) is 30.3 Å². The first-order valence-corrected chi connectivity index (χ1v) is 11.2. The van der Waals surface area contributed by atoms with Gasteiger partial charge in [0.1, 0.15) is 22.2 Å². The average Bonchev–Trinajstić information content (AvgIpc) is 3.31. The minimum absolute atomic E-state index is 0.758. The molecular weight excluding hydrogens is 394 g/mol. The number of aromatic nitrogens is 3. The molecule has 0 amide bonds. The fourth-order valence-corrected chi connectivity index (χ4v) is 4.99. The van der Waals surface area contributed by atoms with Gasteiger partial charge in [0.2, 0.25) is 5.89 Å². The first-order valence-electron chi connectivity index (χ1n) is 10.3. The van der Waals surface area contributed by atoms with Crippen molar-refractivity contribution in [1.82, 2.24) is 19.9 Å². The topological polar surface area (TPSA) is 58.3 Å². The molecule has 1 aliphatic rings. The molecule has 1 fully saturated rings. The summed E-state index contributed by atoms with van der Waals surface area (Å²) in [5.41, 5.74) is 3.41. The fourth-order valence-electron chi connectivity index (χ4n) is 4.00. The van der Waals surface area contributed by atoms with E-state index in [0.717, 1.165) is 66.5 Å². The molecule has 0 spiro atoms. The van der Waals surface area contributed by atoms with Crippen LogP contribution in [0.15, 0.2) is 40.1 Å². The zero-order valence-corrected chi connectivity index (χ0v) is 18.4. The van der Waals surface area contributed by atoms with Crippen molar-refractivity contribution >= 4 is 27.4 Å². The summed E-state index contributed by atoms with van der Waals surface area (Å²) >= 11 is 1.70. The summed E-state index contributed by atoms with van der Waals surface area (Å²) in [4.78, 5) is 20.0. The van der Waals surface area contributed by atoms with Crippen molar-refractivity contribution in [3.8, 4) is 11.1 Å². The largest absolute Gasteiger partial charge is 0.444 e. The Bertz CT molecular complexity index is 1160. The summed E-state index contributed by atoms with van der Waals surface area (Å²) in [5, 5.41) is 3.38. The summed E-state index contributed by atoms with van der Waals surface area (Å²) in [6, 6.07) is 10.5. The lowest BCUT2D eigenvalue weighted by atomic mass is 10.1. The molecule has 3 aromatic heterocycles. The standard InChI is InChI=1S/C23H25N5OS/c1-15-16(2)29-20(24-15)13-27-9-11-28(12-10-27)22-21-19(18-7-5-4-6-8-18)14-30-23(21)26-17(3)25-22/h4-8,14H,9-13H2,1-3H3. The Hall–Kier alpha value is -2.77. The summed E-state index contributed by atoms with van der Waals surface area (Å²) < 4.78 is 5.77. The highest BCUT2D eigenvalue weighted by Crippen LogP contribution is 2.38. The van der Waals surface area contributed by atoms with Crippen LogP contribution in [0.3, 0.4) is 0 Å². The molecule has 1 saturated heterocycles. The lowest BCUT2D eigenvalue weighted by molar-refractivity contribution is 0.224. The number of fused-ring (bicyclic) bond motifs is 1. The van der Waals surface area contributed by atoms with Crippen LogP contribution in [0.1, 0.15) is 23.2 Å². The van der Waals surface area contributed by atoms with E-state index in [1.165, 1.54) is 16.5 Å². The van der Waals surface area contributed by atoms with Crippen molar-refractivity contribution < 1.29 is 4.42 Å². The number of piperazine rings is 1. The molecule has 0 radical (unpaired) electrons. The smallest absolute Gasteiger partial charge is 0.208 e. The Labute approximate surface area is 180 Å². The van der Waals surface area contributed by atoms with Gasteiger partial charge in [-0.2, -0.15) is 0 Å². The first-order chi connectivity index (χ1) is 14.6. The van der Waals surface area contributed by atoms with Gasteiger partial charge in [-0.15, -0.1) is 11.3 Å². The highest BCUT2D eigenvalue weighted by atomic mass is 32.1. The van der Waals surface area contributed by atoms with Crippen LogP contribution in [0.25, 0.3) is 21.3 Å². The highest BCUT2D eigenvalue weighted by Gasteiger charge is 2.24. The Kier molecular flexibility index (Phi) is 5.00. The van der Waals surface area contributed by atoms with Crippen molar-refractivity contribution in [3.63, 3.8) is 0 Å². The van der Waals surface area contributed by atoms with Crippen molar-refractivity contribution in [2.75, 3.05) is 31.1 Å². The number of nitrogens with zero attached hydrogens (tertiary/aromatic N) is 5. The van der Waals surface area contributed by atoms with E-state index in [0.29, 0.717) is 0 Å². The molecule has 30 heavy (non-hydrogen) atoms. The molecule has 7 heteroatoms. The molecular formula is C23H25N5OS. The Morgan fingerprint density at radius 2 is 1.73 bits per heavy atom. The molecule has 6 nitrogen and oxygen atoms in total. The molecule has 0 atom stereocenters. The van der Waals surface area contributed by atoms with Gasteiger partial charge in [0.25, 0.3) is 0 Å². The van der Waals surface area contributed by atoms with E-state index >= 15 is 0 Å². The van der Waals surface area contributed by atoms with Gasteiger partial charge in [0.05, 0.1) is 17.6 Å². The highest BCUT2D eigenvalue weighted by molar-refractivity contribution is 7.17. The van der Waals surface area contributed by atoms with E-state index in [-0.39, 0.29) is 0 Å². The number of thiophene rings is 1. The van der Waals surface area contributed by atoms with Crippen LogP contribution >= 0.6 is 11.3 Å². The van der Waals surface area contributed by atoms with Crippen LogP contribution in [0.5, 0.6) is 0 Å². The van der Waals surface area contributed by atoms with Gasteiger partial charge in [0, 0.05) is 37.1 Å². The van der Waals surface area contributed by atoms with Crippen LogP contribution < -0.4 is 4.90 Å². The van der Waals surface area contributed by atoms with E-state index in [9.17, 15) is 0 Å². The second-order valence-electron chi connectivity index (χ2n) is 7.80. The molecule has 154 valence electrons. The molecule has 0 aliphatic carbocycles. The summed E-state index contributed by atoms with van der Waals surface area (Å²) in [6.07, 6.45) is 0. The van der Waals surface area contributed by atoms with Gasteiger partial charge in [-0.3, -0.25) is 4.90 Å². The molecule has 4 heterocycles. The molecule has 5 rings (SSSR count). The number of hydrogen-bond donors (Lipinski definition) is 0. The second kappa shape index (κ2) is 7.81. The third-order valence-corrected chi connectivity index (χ3v) is 6.59. The van der Waals surface area contributed by atoms with Crippen molar-refractivity contribution in [2.45, 2.75) is 27.3 Å².